The van der Waals surface area contributed by atoms with E-state index in [0.717, 1.165) is 16.9 Å². The molecular formula is C18H21ClN2O3S. The molecule has 0 radical (unpaired) electrons. The lowest BCUT2D eigenvalue weighted by atomic mass is 10.1. The average Bonchev–Trinajstić information content (AvgIpc) is 2.95. The molecule has 7 heteroatoms. The number of ether oxygens (including phenoxy) is 1. The van der Waals surface area contributed by atoms with Crippen LogP contribution in [0.3, 0.4) is 0 Å². The maximum absolute atomic E-state index is 12.3. The van der Waals surface area contributed by atoms with E-state index in [2.05, 4.69) is 10.9 Å². The van der Waals surface area contributed by atoms with E-state index in [0.29, 0.717) is 15.6 Å². The van der Waals surface area contributed by atoms with Gasteiger partial charge in [-0.15, -0.1) is 11.3 Å². The van der Waals surface area contributed by atoms with E-state index in [4.69, 9.17) is 16.3 Å². The Morgan fingerprint density at radius 3 is 2.40 bits per heavy atom. The topological polar surface area (TPSA) is 67.4 Å². The first-order chi connectivity index (χ1) is 11.7. The normalized spacial score (nSPS) is 11.1. The average molecular weight is 381 g/mol. The minimum atomic E-state index is -1.17. The summed E-state index contributed by atoms with van der Waals surface area (Å²) in [5.41, 5.74) is 4.77. The molecule has 0 aliphatic carbocycles. The van der Waals surface area contributed by atoms with Crippen LogP contribution in [-0.2, 0) is 11.2 Å². The van der Waals surface area contributed by atoms with Crippen molar-refractivity contribution in [3.05, 3.63) is 50.7 Å². The van der Waals surface area contributed by atoms with Crippen molar-refractivity contribution < 1.29 is 14.3 Å². The molecule has 0 atom stereocenters. The minimum absolute atomic E-state index is 0.344. The lowest BCUT2D eigenvalue weighted by Crippen LogP contribution is -2.53. The number of nitrogens with one attached hydrogen (secondary N) is 2. The monoisotopic (exact) mass is 380 g/mol. The first-order valence-corrected chi connectivity index (χ1v) is 9.07. The molecule has 5 nitrogen and oxygen atoms in total. The van der Waals surface area contributed by atoms with Gasteiger partial charge < -0.3 is 4.74 Å². The number of carbonyl (C=O) groups is 2. The molecule has 0 fully saturated rings. The minimum Gasteiger partial charge on any atom is -0.478 e. The molecule has 1 aromatic heterocycles. The summed E-state index contributed by atoms with van der Waals surface area (Å²) in [7, 11) is 0. The fraction of sp³-hybridized carbons (Fsp3) is 0.333. The summed E-state index contributed by atoms with van der Waals surface area (Å²) in [5, 5.41) is 0.583. The second-order valence-electron chi connectivity index (χ2n) is 6.04. The number of halogens is 1. The van der Waals surface area contributed by atoms with Gasteiger partial charge in [0, 0.05) is 9.90 Å². The number of aryl methyl sites for hydroxylation is 2. The molecule has 25 heavy (non-hydrogen) atoms. The third-order valence-corrected chi connectivity index (χ3v) is 5.22. The Balaban J connectivity index is 1.95. The maximum Gasteiger partial charge on any atom is 0.281 e. The van der Waals surface area contributed by atoms with Gasteiger partial charge in [-0.05, 0) is 63.1 Å². The largest absolute Gasteiger partial charge is 0.478 e. The summed E-state index contributed by atoms with van der Waals surface area (Å²) in [6, 6.07) is 8.53. The molecule has 0 spiro atoms. The predicted molar refractivity (Wildman–Crippen MR) is 100 cm³/mol. The van der Waals surface area contributed by atoms with Gasteiger partial charge in [-0.1, -0.05) is 18.5 Å². The summed E-state index contributed by atoms with van der Waals surface area (Å²) in [4.78, 5) is 26.2. The number of carbonyl (C=O) groups excluding carboxylic acids is 2. The second kappa shape index (κ2) is 7.89. The fourth-order valence-electron chi connectivity index (χ4n) is 2.15. The van der Waals surface area contributed by atoms with Crippen LogP contribution >= 0.6 is 22.9 Å². The number of benzene rings is 1. The van der Waals surface area contributed by atoms with Crippen LogP contribution in [0, 0.1) is 6.92 Å². The Morgan fingerprint density at radius 1 is 1.20 bits per heavy atom. The van der Waals surface area contributed by atoms with Crippen LogP contribution < -0.4 is 15.6 Å². The van der Waals surface area contributed by atoms with E-state index in [1.54, 1.807) is 38.1 Å². The smallest absolute Gasteiger partial charge is 0.281 e. The van der Waals surface area contributed by atoms with Crippen LogP contribution in [0.1, 0.15) is 40.9 Å². The Morgan fingerprint density at radius 2 is 1.84 bits per heavy atom. The van der Waals surface area contributed by atoms with Gasteiger partial charge >= 0.3 is 0 Å². The van der Waals surface area contributed by atoms with Crippen LogP contribution in [-0.4, -0.2) is 17.4 Å². The summed E-state index contributed by atoms with van der Waals surface area (Å²) in [6.07, 6.45) is 0.873. The predicted octanol–water partition coefficient (Wildman–Crippen LogP) is 3.89. The highest BCUT2D eigenvalue weighted by atomic mass is 35.5. The summed E-state index contributed by atoms with van der Waals surface area (Å²) >= 11 is 7.25. The number of amides is 2. The van der Waals surface area contributed by atoms with Crippen LogP contribution in [0.15, 0.2) is 30.3 Å². The lowest BCUT2D eigenvalue weighted by Gasteiger charge is -2.25. The molecule has 2 rings (SSSR count). The van der Waals surface area contributed by atoms with Crippen LogP contribution in [0.2, 0.25) is 5.02 Å². The molecule has 134 valence electrons. The van der Waals surface area contributed by atoms with E-state index in [9.17, 15) is 9.59 Å². The van der Waals surface area contributed by atoms with Crippen molar-refractivity contribution >= 4 is 34.8 Å². The van der Waals surface area contributed by atoms with Crippen LogP contribution in [0.5, 0.6) is 5.75 Å². The van der Waals surface area contributed by atoms with Crippen molar-refractivity contribution in [1.29, 1.82) is 0 Å². The lowest BCUT2D eigenvalue weighted by molar-refractivity contribution is -0.135. The molecule has 0 bridgehead atoms. The summed E-state index contributed by atoms with van der Waals surface area (Å²) in [5.74, 6) is -0.291. The Bertz CT molecular complexity index is 769. The first-order valence-electron chi connectivity index (χ1n) is 7.87. The number of thiophene rings is 1. The highest BCUT2D eigenvalue weighted by Gasteiger charge is 2.30. The number of hydrogen-bond acceptors (Lipinski definition) is 4. The van der Waals surface area contributed by atoms with Gasteiger partial charge in [0.05, 0.1) is 4.88 Å². The van der Waals surface area contributed by atoms with Gasteiger partial charge in [-0.3, -0.25) is 20.4 Å². The zero-order valence-electron chi connectivity index (χ0n) is 14.6. The van der Waals surface area contributed by atoms with Gasteiger partial charge in [0.25, 0.3) is 11.8 Å². The molecule has 2 amide bonds. The number of hydrogen-bond donors (Lipinski definition) is 2. The molecule has 0 aliphatic rings. The number of hydrazine groups is 1. The second-order valence-corrected chi connectivity index (χ2v) is 7.62. The fourth-order valence-corrected chi connectivity index (χ4v) is 3.29. The van der Waals surface area contributed by atoms with Crippen molar-refractivity contribution in [2.45, 2.75) is 39.7 Å². The van der Waals surface area contributed by atoms with Crippen molar-refractivity contribution in [3.63, 3.8) is 0 Å². The van der Waals surface area contributed by atoms with Crippen molar-refractivity contribution in [2.75, 3.05) is 0 Å². The van der Waals surface area contributed by atoms with Crippen molar-refractivity contribution in [3.8, 4) is 5.75 Å². The third kappa shape index (κ3) is 4.96. The molecule has 1 aromatic carbocycles. The quantitative estimate of drug-likeness (QED) is 0.773. The van der Waals surface area contributed by atoms with Gasteiger partial charge in [-0.2, -0.15) is 0 Å². The molecule has 0 saturated carbocycles. The van der Waals surface area contributed by atoms with Gasteiger partial charge in [-0.25, -0.2) is 0 Å². The molecule has 2 N–H and O–H groups in total. The highest BCUT2D eigenvalue weighted by molar-refractivity contribution is 7.14. The van der Waals surface area contributed by atoms with E-state index in [1.807, 2.05) is 19.9 Å². The van der Waals surface area contributed by atoms with E-state index >= 15 is 0 Å². The molecular weight excluding hydrogens is 360 g/mol. The van der Waals surface area contributed by atoms with E-state index in [-0.39, 0.29) is 5.91 Å². The Hall–Kier alpha value is -2.05. The van der Waals surface area contributed by atoms with Gasteiger partial charge in [0.15, 0.2) is 5.60 Å². The van der Waals surface area contributed by atoms with Gasteiger partial charge in [0.1, 0.15) is 5.75 Å². The standard InChI is InChI=1S/C18H21ClN2O3S/c1-5-14-11(2)10-15(25-14)16(22)20-21-17(23)18(3,4)24-13-8-6-12(19)7-9-13/h6-10H,5H2,1-4H3,(H,20,22)(H,21,23). The molecule has 0 saturated heterocycles. The van der Waals surface area contributed by atoms with E-state index < -0.39 is 11.5 Å². The zero-order valence-corrected chi connectivity index (χ0v) is 16.2. The third-order valence-electron chi connectivity index (χ3n) is 3.59. The molecule has 2 aromatic rings. The van der Waals surface area contributed by atoms with Crippen molar-refractivity contribution in [1.82, 2.24) is 10.9 Å². The summed E-state index contributed by atoms with van der Waals surface area (Å²) < 4.78 is 5.68. The first kappa shape index (κ1) is 19.3. The molecule has 1 heterocycles. The van der Waals surface area contributed by atoms with Crippen LogP contribution in [0.25, 0.3) is 0 Å². The Labute approximate surface area is 156 Å². The SMILES string of the molecule is CCc1sc(C(=O)NNC(=O)C(C)(C)Oc2ccc(Cl)cc2)cc1C. The maximum atomic E-state index is 12.3. The molecule has 0 unspecified atom stereocenters. The zero-order chi connectivity index (χ0) is 18.6. The molecule has 0 aliphatic heterocycles. The van der Waals surface area contributed by atoms with Gasteiger partial charge in [0.2, 0.25) is 0 Å². The Kier molecular flexibility index (Phi) is 6.08. The highest BCUT2D eigenvalue weighted by Crippen LogP contribution is 2.23. The van der Waals surface area contributed by atoms with E-state index in [1.165, 1.54) is 11.3 Å². The van der Waals surface area contributed by atoms with Crippen LogP contribution in [0.4, 0.5) is 0 Å². The summed E-state index contributed by atoms with van der Waals surface area (Å²) in [6.45, 7) is 7.24. The van der Waals surface area contributed by atoms with Crippen molar-refractivity contribution in [2.24, 2.45) is 0 Å². The number of rotatable bonds is 5.